The first-order valence-electron chi connectivity index (χ1n) is 28.4. The minimum Gasteiger partial charge on any atom is -0.0642 e. The van der Waals surface area contributed by atoms with Crippen molar-refractivity contribution in [2.75, 3.05) is 0 Å². The second kappa shape index (κ2) is 16.8. The fraction of sp³-hybridized carbons (Fsp3) is 0.169. The van der Waals surface area contributed by atoms with Gasteiger partial charge in [0.25, 0.3) is 0 Å². The zero-order valence-electron chi connectivity index (χ0n) is 45.1. The van der Waals surface area contributed by atoms with Crippen molar-refractivity contribution in [3.05, 3.63) is 252 Å². The average molecular weight is 987 g/mol. The van der Waals surface area contributed by atoms with E-state index in [1.807, 2.05) is 0 Å². The normalized spacial score (nSPS) is 14.9. The fourth-order valence-corrected chi connectivity index (χ4v) is 15.8. The molecule has 3 aliphatic rings. The lowest BCUT2D eigenvalue weighted by atomic mass is 9.73. The molecule has 0 nitrogen and oxygen atoms in total. The summed E-state index contributed by atoms with van der Waals surface area (Å²) in [6.45, 7) is 14.4. The first-order chi connectivity index (χ1) is 37.7. The molecule has 0 unspecified atom stereocenters. The van der Waals surface area contributed by atoms with Crippen molar-refractivity contribution in [2.45, 2.75) is 83.5 Å². The van der Waals surface area contributed by atoms with Gasteiger partial charge in [0.05, 0.1) is 0 Å². The summed E-state index contributed by atoms with van der Waals surface area (Å²) in [7, 11) is 0. The number of hydrogen-bond acceptors (Lipinski definition) is 0. The summed E-state index contributed by atoms with van der Waals surface area (Å²) < 4.78 is 0. The lowest BCUT2D eigenvalue weighted by Gasteiger charge is -2.30. The van der Waals surface area contributed by atoms with E-state index in [1.54, 1.807) is 0 Å². The van der Waals surface area contributed by atoms with Crippen LogP contribution in [0.25, 0.3) is 121 Å². The Morgan fingerprint density at radius 3 is 0.727 bits per heavy atom. The highest BCUT2D eigenvalue weighted by Gasteiger charge is 2.42. The first kappa shape index (κ1) is 46.0. The minimum absolute atomic E-state index is 0.00351. The van der Waals surface area contributed by atoms with Crippen LogP contribution in [0.1, 0.15) is 101 Å². The molecule has 12 aromatic carbocycles. The molecule has 12 aromatic rings. The maximum atomic E-state index is 2.55. The SMILES string of the molecule is CCC1(CC)c2ccccc2-c2ccc(-c3c4ccccc4c(-c4ccc5c(c4)C(C)(C)c4cc(-c6c7ccccc7c(-c7ccc8c(c7)C(CC)(CC)c7ccccc7-8)c7ccccc67)ccc4-5)c4ccccc34)cc21. The van der Waals surface area contributed by atoms with Gasteiger partial charge in [0.1, 0.15) is 0 Å². The van der Waals surface area contributed by atoms with Gasteiger partial charge in [0.15, 0.2) is 0 Å². The average Bonchev–Trinajstić information content (AvgIpc) is 4.21. The Hall–Kier alpha value is -8.32. The summed E-state index contributed by atoms with van der Waals surface area (Å²) in [5.74, 6) is 0. The zero-order chi connectivity index (χ0) is 52.0. The van der Waals surface area contributed by atoms with Crippen LogP contribution in [0.3, 0.4) is 0 Å². The van der Waals surface area contributed by atoms with Crippen molar-refractivity contribution in [3.63, 3.8) is 0 Å². The highest BCUT2D eigenvalue weighted by atomic mass is 14.5. The molecule has 0 saturated carbocycles. The number of hydrogen-bond donors (Lipinski definition) is 0. The van der Waals surface area contributed by atoms with Gasteiger partial charge in [-0.25, -0.2) is 0 Å². The topological polar surface area (TPSA) is 0 Å². The molecule has 3 aliphatic carbocycles. The number of benzene rings is 12. The van der Waals surface area contributed by atoms with Crippen molar-refractivity contribution < 1.29 is 0 Å². The smallest absolute Gasteiger partial charge is 0.0210 e. The van der Waals surface area contributed by atoms with Crippen LogP contribution in [-0.2, 0) is 16.2 Å². The Morgan fingerprint density at radius 1 is 0.234 bits per heavy atom. The molecule has 0 aromatic heterocycles. The molecule has 0 heteroatoms. The van der Waals surface area contributed by atoms with E-state index in [0.29, 0.717) is 0 Å². The van der Waals surface area contributed by atoms with E-state index in [-0.39, 0.29) is 16.2 Å². The van der Waals surface area contributed by atoms with Crippen LogP contribution >= 0.6 is 0 Å². The van der Waals surface area contributed by atoms with Crippen LogP contribution in [0.4, 0.5) is 0 Å². The van der Waals surface area contributed by atoms with E-state index in [9.17, 15) is 0 Å². The largest absolute Gasteiger partial charge is 0.0642 e. The van der Waals surface area contributed by atoms with Crippen molar-refractivity contribution in [1.29, 1.82) is 0 Å². The Bertz CT molecular complexity index is 4070. The van der Waals surface area contributed by atoms with Crippen molar-refractivity contribution >= 4 is 43.1 Å². The second-order valence-electron chi connectivity index (χ2n) is 23.0. The molecule has 0 N–H and O–H groups in total. The van der Waals surface area contributed by atoms with Gasteiger partial charge >= 0.3 is 0 Å². The Labute approximate surface area is 453 Å². The summed E-state index contributed by atoms with van der Waals surface area (Å²) >= 11 is 0. The van der Waals surface area contributed by atoms with Gasteiger partial charge < -0.3 is 0 Å². The van der Waals surface area contributed by atoms with Gasteiger partial charge in [-0.3, -0.25) is 0 Å². The highest BCUT2D eigenvalue weighted by Crippen LogP contribution is 2.58. The van der Waals surface area contributed by atoms with E-state index in [2.05, 4.69) is 260 Å². The molecule has 0 saturated heterocycles. The van der Waals surface area contributed by atoms with Crippen LogP contribution in [0, 0.1) is 0 Å². The third-order valence-corrected chi connectivity index (χ3v) is 19.6. The van der Waals surface area contributed by atoms with Crippen molar-refractivity contribution in [3.8, 4) is 77.9 Å². The van der Waals surface area contributed by atoms with E-state index in [1.165, 1.54) is 154 Å². The zero-order valence-corrected chi connectivity index (χ0v) is 45.1. The van der Waals surface area contributed by atoms with E-state index >= 15 is 0 Å². The minimum atomic E-state index is -0.242. The van der Waals surface area contributed by atoms with Gasteiger partial charge in [0, 0.05) is 16.2 Å². The van der Waals surface area contributed by atoms with Gasteiger partial charge in [-0.2, -0.15) is 0 Å². The summed E-state index contributed by atoms with van der Waals surface area (Å²) in [6.07, 6.45) is 4.29. The van der Waals surface area contributed by atoms with E-state index < -0.39 is 0 Å². The Balaban J connectivity index is 0.859. The summed E-state index contributed by atoms with van der Waals surface area (Å²) in [5.41, 5.74) is 27.0. The molecule has 0 atom stereocenters. The summed E-state index contributed by atoms with van der Waals surface area (Å²) in [4.78, 5) is 0. The fourth-order valence-electron chi connectivity index (χ4n) is 15.8. The third kappa shape index (κ3) is 6.16. The van der Waals surface area contributed by atoms with Crippen LogP contribution < -0.4 is 0 Å². The molecule has 0 aliphatic heterocycles. The van der Waals surface area contributed by atoms with E-state index in [4.69, 9.17) is 0 Å². The number of fused-ring (bicyclic) bond motifs is 13. The molecule has 0 bridgehead atoms. The molecule has 0 fully saturated rings. The predicted octanol–water partition coefficient (Wildman–Crippen LogP) is 21.4. The van der Waals surface area contributed by atoms with Gasteiger partial charge in [-0.15, -0.1) is 0 Å². The monoisotopic (exact) mass is 986 g/mol. The summed E-state index contributed by atoms with van der Waals surface area (Å²) in [6, 6.07) is 84.4. The van der Waals surface area contributed by atoms with Crippen LogP contribution in [-0.4, -0.2) is 0 Å². The van der Waals surface area contributed by atoms with Crippen molar-refractivity contribution in [1.82, 2.24) is 0 Å². The molecule has 0 radical (unpaired) electrons. The second-order valence-corrected chi connectivity index (χ2v) is 23.0. The van der Waals surface area contributed by atoms with Crippen LogP contribution in [0.2, 0.25) is 0 Å². The van der Waals surface area contributed by atoms with Gasteiger partial charge in [0.2, 0.25) is 0 Å². The summed E-state index contributed by atoms with van der Waals surface area (Å²) in [5, 5.41) is 10.4. The highest BCUT2D eigenvalue weighted by molar-refractivity contribution is 6.23. The molecular weight excluding hydrogens is 925 g/mol. The molecule has 15 rings (SSSR count). The lowest BCUT2D eigenvalue weighted by Crippen LogP contribution is -2.23. The van der Waals surface area contributed by atoms with Crippen molar-refractivity contribution in [2.24, 2.45) is 0 Å². The maximum absolute atomic E-state index is 2.55. The van der Waals surface area contributed by atoms with Gasteiger partial charge in [-0.05, 0) is 204 Å². The molecule has 0 heterocycles. The van der Waals surface area contributed by atoms with Crippen LogP contribution in [0.15, 0.2) is 218 Å². The molecule has 0 amide bonds. The molecular formula is C77H62. The van der Waals surface area contributed by atoms with Gasteiger partial charge in [-0.1, -0.05) is 236 Å². The van der Waals surface area contributed by atoms with E-state index in [0.717, 1.165) is 25.7 Å². The standard InChI is InChI=1S/C77H62/c1-7-76(8-2)65-33-21-19-23-51(65)55-41-37-49(45-69(55)76)73-61-29-15-11-25-57(61)71(58-26-12-16-30-62(58)73)47-35-39-53-54-40-36-48(44-68(54)75(5,6)67(53)43-47)72-59-27-13-17-31-63(59)74(64-32-18-14-28-60(64)72)50-38-42-56-52-24-20-22-34-66(52)77(9-3,10-4)70(56)46-50/h11-46H,7-10H2,1-6H3. The quantitative estimate of drug-likeness (QED) is 0.133. The Kier molecular flexibility index (Phi) is 10.1. The lowest BCUT2D eigenvalue weighted by molar-refractivity contribution is 0.490. The first-order valence-corrected chi connectivity index (χ1v) is 28.4. The molecule has 77 heavy (non-hydrogen) atoms. The third-order valence-electron chi connectivity index (χ3n) is 19.6. The molecule has 0 spiro atoms. The maximum Gasteiger partial charge on any atom is 0.0210 e. The molecule has 370 valence electrons. The van der Waals surface area contributed by atoms with Crippen LogP contribution in [0.5, 0.6) is 0 Å². The number of rotatable bonds is 8. The Morgan fingerprint density at radius 2 is 0.455 bits per heavy atom. The predicted molar refractivity (Wildman–Crippen MR) is 329 cm³/mol.